The number of anilines is 3. The molecule has 8 heteroatoms. The first kappa shape index (κ1) is 13.1. The Bertz CT molecular complexity index is 800. The van der Waals surface area contributed by atoms with Crippen molar-refractivity contribution >= 4 is 28.7 Å². The molecule has 1 saturated carbocycles. The van der Waals surface area contributed by atoms with Gasteiger partial charge in [-0.1, -0.05) is 0 Å². The summed E-state index contributed by atoms with van der Waals surface area (Å²) in [7, 11) is 0. The average Bonchev–Trinajstić information content (AvgIpc) is 3.11. The lowest BCUT2D eigenvalue weighted by Gasteiger charge is -2.14. The third-order valence-corrected chi connectivity index (χ3v) is 3.92. The van der Waals surface area contributed by atoms with E-state index in [1.165, 1.54) is 12.8 Å². The smallest absolute Gasteiger partial charge is 0.232 e. The number of aromatic amines is 2. The second-order valence-corrected chi connectivity index (χ2v) is 5.83. The number of hydrogen-bond donors (Lipinski definition) is 4. The Morgan fingerprint density at radius 3 is 2.91 bits per heavy atom. The lowest BCUT2D eigenvalue weighted by molar-refractivity contribution is 0.691. The summed E-state index contributed by atoms with van der Waals surface area (Å²) in [5, 5.41) is 13.6. The van der Waals surface area contributed by atoms with Gasteiger partial charge in [-0.25, -0.2) is 4.98 Å². The highest BCUT2D eigenvalue weighted by Crippen LogP contribution is 2.34. The Hall–Kier alpha value is -2.64. The van der Waals surface area contributed by atoms with Gasteiger partial charge in [0.05, 0.1) is 6.33 Å². The highest BCUT2D eigenvalue weighted by atomic mass is 15.2. The zero-order valence-corrected chi connectivity index (χ0v) is 12.5. The Morgan fingerprint density at radius 1 is 1.32 bits per heavy atom. The fourth-order valence-electron chi connectivity index (χ4n) is 2.52. The normalized spacial score (nSPS) is 15.9. The van der Waals surface area contributed by atoms with Gasteiger partial charge in [-0.3, -0.25) is 5.10 Å². The predicted octanol–water partition coefficient (Wildman–Crippen LogP) is 2.34. The van der Waals surface area contributed by atoms with Crippen molar-refractivity contribution in [2.45, 2.75) is 32.7 Å². The summed E-state index contributed by atoms with van der Waals surface area (Å²) in [5.41, 5.74) is 2.44. The molecule has 8 nitrogen and oxygen atoms in total. The van der Waals surface area contributed by atoms with Crippen molar-refractivity contribution in [1.82, 2.24) is 30.1 Å². The minimum Gasteiger partial charge on any atom is -0.365 e. The number of imidazole rings is 1. The average molecular weight is 298 g/mol. The zero-order valence-electron chi connectivity index (χ0n) is 12.5. The molecular weight excluding hydrogens is 280 g/mol. The van der Waals surface area contributed by atoms with Gasteiger partial charge < -0.3 is 15.6 Å². The molecule has 1 atom stereocenters. The minimum atomic E-state index is 0.385. The van der Waals surface area contributed by atoms with Crippen molar-refractivity contribution in [3.05, 3.63) is 18.1 Å². The Kier molecular flexibility index (Phi) is 2.95. The van der Waals surface area contributed by atoms with Gasteiger partial charge in [0.25, 0.3) is 0 Å². The topological polar surface area (TPSA) is 107 Å². The third kappa shape index (κ3) is 2.47. The number of hydrogen-bond acceptors (Lipinski definition) is 6. The van der Waals surface area contributed by atoms with E-state index in [2.05, 4.69) is 47.7 Å². The van der Waals surface area contributed by atoms with Gasteiger partial charge in [0.2, 0.25) is 5.95 Å². The van der Waals surface area contributed by atoms with E-state index in [-0.39, 0.29) is 0 Å². The van der Waals surface area contributed by atoms with Gasteiger partial charge in [0, 0.05) is 17.8 Å². The number of aryl methyl sites for hydroxylation is 1. The van der Waals surface area contributed by atoms with Crippen LogP contribution in [0.5, 0.6) is 0 Å². The van der Waals surface area contributed by atoms with Crippen molar-refractivity contribution in [1.29, 1.82) is 0 Å². The molecule has 4 N–H and O–H groups in total. The van der Waals surface area contributed by atoms with Crippen LogP contribution in [0.25, 0.3) is 11.2 Å². The monoisotopic (exact) mass is 298 g/mol. The van der Waals surface area contributed by atoms with Crippen LogP contribution in [-0.2, 0) is 0 Å². The SMILES string of the molecule is Cc1cc(Nc2nc(NC(C)C3CC3)c3nc[nH]c3n2)n[nH]1. The third-order valence-electron chi connectivity index (χ3n) is 3.92. The molecule has 0 aromatic carbocycles. The fourth-order valence-corrected chi connectivity index (χ4v) is 2.52. The summed E-state index contributed by atoms with van der Waals surface area (Å²) in [6.07, 6.45) is 4.19. The first-order valence-corrected chi connectivity index (χ1v) is 7.46. The molecule has 0 aliphatic heterocycles. The van der Waals surface area contributed by atoms with Crippen LogP contribution in [0.15, 0.2) is 12.4 Å². The molecule has 1 fully saturated rings. The van der Waals surface area contributed by atoms with Crippen LogP contribution in [0.4, 0.5) is 17.6 Å². The van der Waals surface area contributed by atoms with Crippen LogP contribution in [0.2, 0.25) is 0 Å². The van der Waals surface area contributed by atoms with E-state index in [4.69, 9.17) is 0 Å². The molecule has 0 spiro atoms. The van der Waals surface area contributed by atoms with E-state index in [0.29, 0.717) is 23.5 Å². The maximum atomic E-state index is 4.56. The number of fused-ring (bicyclic) bond motifs is 1. The second kappa shape index (κ2) is 4.97. The molecule has 0 saturated heterocycles. The number of rotatable bonds is 5. The molecule has 0 bridgehead atoms. The Balaban J connectivity index is 1.66. The summed E-state index contributed by atoms with van der Waals surface area (Å²) in [5.74, 6) is 2.67. The van der Waals surface area contributed by atoms with Crippen molar-refractivity contribution in [2.24, 2.45) is 5.92 Å². The van der Waals surface area contributed by atoms with Crippen LogP contribution < -0.4 is 10.6 Å². The summed E-state index contributed by atoms with van der Waals surface area (Å²) >= 11 is 0. The lowest BCUT2D eigenvalue weighted by atomic mass is 10.2. The minimum absolute atomic E-state index is 0.385. The van der Waals surface area contributed by atoms with Gasteiger partial charge in [0.1, 0.15) is 5.52 Å². The molecule has 1 aliphatic rings. The molecule has 3 aromatic heterocycles. The van der Waals surface area contributed by atoms with Crippen LogP contribution in [0, 0.1) is 12.8 Å². The van der Waals surface area contributed by atoms with Gasteiger partial charge >= 0.3 is 0 Å². The number of H-pyrrole nitrogens is 2. The Labute approximate surface area is 127 Å². The number of aromatic nitrogens is 6. The molecule has 1 aliphatic carbocycles. The molecule has 4 rings (SSSR count). The lowest BCUT2D eigenvalue weighted by Crippen LogP contribution is -2.19. The van der Waals surface area contributed by atoms with E-state index < -0.39 is 0 Å². The number of nitrogens with zero attached hydrogens (tertiary/aromatic N) is 4. The van der Waals surface area contributed by atoms with Crippen molar-refractivity contribution in [3.8, 4) is 0 Å². The van der Waals surface area contributed by atoms with E-state index in [9.17, 15) is 0 Å². The first-order valence-electron chi connectivity index (χ1n) is 7.46. The van der Waals surface area contributed by atoms with Crippen molar-refractivity contribution < 1.29 is 0 Å². The van der Waals surface area contributed by atoms with Gasteiger partial charge in [-0.05, 0) is 32.6 Å². The summed E-state index contributed by atoms with van der Waals surface area (Å²) in [6, 6.07) is 2.29. The molecule has 114 valence electrons. The molecule has 3 aromatic rings. The van der Waals surface area contributed by atoms with Gasteiger partial charge in [-0.15, -0.1) is 0 Å². The quantitative estimate of drug-likeness (QED) is 0.576. The highest BCUT2D eigenvalue weighted by Gasteiger charge is 2.28. The van der Waals surface area contributed by atoms with E-state index in [1.54, 1.807) is 6.33 Å². The summed E-state index contributed by atoms with van der Waals surface area (Å²) < 4.78 is 0. The maximum absolute atomic E-state index is 4.56. The van der Waals surface area contributed by atoms with E-state index >= 15 is 0 Å². The summed E-state index contributed by atoms with van der Waals surface area (Å²) in [4.78, 5) is 16.3. The molecule has 1 unspecified atom stereocenters. The maximum Gasteiger partial charge on any atom is 0.232 e. The van der Waals surface area contributed by atoms with Crippen LogP contribution in [-0.4, -0.2) is 36.2 Å². The van der Waals surface area contributed by atoms with Crippen molar-refractivity contribution in [3.63, 3.8) is 0 Å². The molecule has 0 amide bonds. The van der Waals surface area contributed by atoms with Crippen LogP contribution >= 0.6 is 0 Å². The van der Waals surface area contributed by atoms with Gasteiger partial charge in [-0.2, -0.15) is 15.1 Å². The highest BCUT2D eigenvalue weighted by molar-refractivity contribution is 5.84. The zero-order chi connectivity index (χ0) is 15.1. The van der Waals surface area contributed by atoms with Gasteiger partial charge in [0.15, 0.2) is 17.3 Å². The van der Waals surface area contributed by atoms with E-state index in [1.807, 2.05) is 13.0 Å². The first-order chi connectivity index (χ1) is 10.7. The largest absolute Gasteiger partial charge is 0.365 e. The Morgan fingerprint density at radius 2 is 2.18 bits per heavy atom. The molecule has 3 heterocycles. The molecule has 22 heavy (non-hydrogen) atoms. The molecular formula is C14H18N8. The van der Waals surface area contributed by atoms with E-state index in [0.717, 1.165) is 22.9 Å². The molecule has 0 radical (unpaired) electrons. The second-order valence-electron chi connectivity index (χ2n) is 5.83. The fraction of sp³-hybridized carbons (Fsp3) is 0.429. The van der Waals surface area contributed by atoms with Crippen LogP contribution in [0.1, 0.15) is 25.5 Å². The number of nitrogens with one attached hydrogen (secondary N) is 4. The summed E-state index contributed by atoms with van der Waals surface area (Å²) in [6.45, 7) is 4.13. The van der Waals surface area contributed by atoms with Crippen LogP contribution in [0.3, 0.4) is 0 Å². The standard InChI is InChI=1S/C14H18N8/c1-7-5-10(22-21-7)18-14-19-12-11(15-6-16-12)13(20-14)17-8(2)9-3-4-9/h5-6,8-9H,3-4H2,1-2H3,(H4,15,16,17,18,19,20,21,22). The predicted molar refractivity (Wildman–Crippen MR) is 84.1 cm³/mol. The van der Waals surface area contributed by atoms with Crippen molar-refractivity contribution in [2.75, 3.05) is 10.6 Å².